The molecule has 2 heterocycles. The topological polar surface area (TPSA) is 55.8 Å². The Morgan fingerprint density at radius 3 is 2.88 bits per heavy atom. The van der Waals surface area contributed by atoms with E-state index in [0.29, 0.717) is 23.8 Å². The van der Waals surface area contributed by atoms with E-state index in [1.54, 1.807) is 6.07 Å². The van der Waals surface area contributed by atoms with Gasteiger partial charge in [0.2, 0.25) is 0 Å². The van der Waals surface area contributed by atoms with Crippen LogP contribution < -0.4 is 4.74 Å². The number of hydrogen-bond acceptors (Lipinski definition) is 4. The molecular formula is C11H14O4S. The Labute approximate surface area is 97.8 Å². The van der Waals surface area contributed by atoms with Gasteiger partial charge in [-0.25, -0.2) is 4.79 Å². The second-order valence-electron chi connectivity index (χ2n) is 3.79. The van der Waals surface area contributed by atoms with Crippen LogP contribution in [-0.4, -0.2) is 30.4 Å². The number of thiophene rings is 1. The molecule has 0 radical (unpaired) electrons. The zero-order valence-corrected chi connectivity index (χ0v) is 9.88. The maximum absolute atomic E-state index is 11.0. The van der Waals surface area contributed by atoms with Crippen LogP contribution in [0.15, 0.2) is 6.07 Å². The highest BCUT2D eigenvalue weighted by molar-refractivity contribution is 7.14. The van der Waals surface area contributed by atoms with E-state index in [0.717, 1.165) is 17.7 Å². The van der Waals surface area contributed by atoms with E-state index in [1.165, 1.54) is 11.3 Å². The quantitative estimate of drug-likeness (QED) is 0.883. The summed E-state index contributed by atoms with van der Waals surface area (Å²) in [5.41, 5.74) is 0. The van der Waals surface area contributed by atoms with Gasteiger partial charge in [-0.15, -0.1) is 11.3 Å². The van der Waals surface area contributed by atoms with Crippen LogP contribution in [0.5, 0.6) is 5.75 Å². The molecule has 0 spiro atoms. The molecule has 0 bridgehead atoms. The Bertz CT molecular complexity index is 379. The molecule has 1 saturated heterocycles. The lowest BCUT2D eigenvalue weighted by molar-refractivity contribution is 0.0251. The molecule has 0 atom stereocenters. The van der Waals surface area contributed by atoms with Gasteiger partial charge in [0.05, 0.1) is 13.2 Å². The van der Waals surface area contributed by atoms with E-state index in [2.05, 4.69) is 0 Å². The van der Waals surface area contributed by atoms with Gasteiger partial charge in [-0.1, -0.05) is 0 Å². The Balaban J connectivity index is 2.10. The maximum Gasteiger partial charge on any atom is 0.349 e. The van der Waals surface area contributed by atoms with Gasteiger partial charge in [-0.05, 0) is 13.0 Å². The number of hydrogen-bond donors (Lipinski definition) is 1. The van der Waals surface area contributed by atoms with E-state index in [9.17, 15) is 4.79 Å². The number of aryl methyl sites for hydroxylation is 1. The predicted molar refractivity (Wildman–Crippen MR) is 60.5 cm³/mol. The molecule has 1 aromatic heterocycles. The fraction of sp³-hybridized carbons (Fsp3) is 0.545. The van der Waals surface area contributed by atoms with Crippen molar-refractivity contribution in [3.05, 3.63) is 15.8 Å². The first-order valence-corrected chi connectivity index (χ1v) is 6.06. The molecule has 4 nitrogen and oxygen atoms in total. The molecule has 1 aliphatic heterocycles. The lowest BCUT2D eigenvalue weighted by Gasteiger charge is -2.22. The van der Waals surface area contributed by atoms with Gasteiger partial charge < -0.3 is 14.6 Å². The van der Waals surface area contributed by atoms with Crippen LogP contribution in [0.1, 0.15) is 27.4 Å². The normalized spacial score (nSPS) is 17.3. The molecule has 1 fully saturated rings. The van der Waals surface area contributed by atoms with Gasteiger partial charge in [0.15, 0.2) is 4.88 Å². The Morgan fingerprint density at radius 1 is 1.56 bits per heavy atom. The van der Waals surface area contributed by atoms with Gasteiger partial charge in [-0.3, -0.25) is 0 Å². The van der Waals surface area contributed by atoms with Crippen LogP contribution in [0.4, 0.5) is 0 Å². The van der Waals surface area contributed by atoms with Crippen molar-refractivity contribution < 1.29 is 19.4 Å². The summed E-state index contributed by atoms with van der Waals surface area (Å²) in [6, 6.07) is 1.80. The fourth-order valence-electron chi connectivity index (χ4n) is 1.70. The Morgan fingerprint density at radius 2 is 2.25 bits per heavy atom. The minimum absolute atomic E-state index is 0.0841. The van der Waals surface area contributed by atoms with Crippen molar-refractivity contribution in [1.29, 1.82) is 0 Å². The fourth-order valence-corrected chi connectivity index (χ4v) is 2.48. The van der Waals surface area contributed by atoms with Crippen molar-refractivity contribution in [2.24, 2.45) is 0 Å². The molecule has 0 aliphatic carbocycles. The van der Waals surface area contributed by atoms with Crippen LogP contribution in [0.25, 0.3) is 0 Å². The number of aromatic carboxylic acids is 1. The van der Waals surface area contributed by atoms with E-state index < -0.39 is 5.97 Å². The molecule has 1 N–H and O–H groups in total. The first-order chi connectivity index (χ1) is 7.66. The highest BCUT2D eigenvalue weighted by Crippen LogP contribution is 2.30. The van der Waals surface area contributed by atoms with E-state index in [4.69, 9.17) is 14.6 Å². The molecule has 2 rings (SSSR count). The molecule has 1 aromatic rings. The van der Waals surface area contributed by atoms with Gasteiger partial charge in [0.25, 0.3) is 0 Å². The van der Waals surface area contributed by atoms with Gasteiger partial charge in [0.1, 0.15) is 11.9 Å². The minimum atomic E-state index is -0.917. The highest BCUT2D eigenvalue weighted by Gasteiger charge is 2.21. The van der Waals surface area contributed by atoms with Crippen molar-refractivity contribution in [3.8, 4) is 5.75 Å². The van der Waals surface area contributed by atoms with Gasteiger partial charge in [-0.2, -0.15) is 0 Å². The second kappa shape index (κ2) is 4.84. The van der Waals surface area contributed by atoms with Gasteiger partial charge in [0, 0.05) is 17.7 Å². The molecule has 0 aromatic carbocycles. The lowest BCUT2D eigenvalue weighted by atomic mass is 10.1. The molecule has 88 valence electrons. The van der Waals surface area contributed by atoms with E-state index in [1.807, 2.05) is 6.92 Å². The first-order valence-electron chi connectivity index (χ1n) is 5.25. The van der Waals surface area contributed by atoms with Crippen LogP contribution in [0.3, 0.4) is 0 Å². The minimum Gasteiger partial charge on any atom is -0.488 e. The third kappa shape index (κ3) is 2.54. The van der Waals surface area contributed by atoms with Crippen LogP contribution in [0.2, 0.25) is 0 Å². The van der Waals surface area contributed by atoms with Crippen molar-refractivity contribution in [2.75, 3.05) is 13.2 Å². The molecule has 0 saturated carbocycles. The summed E-state index contributed by atoms with van der Waals surface area (Å²) < 4.78 is 10.9. The summed E-state index contributed by atoms with van der Waals surface area (Å²) in [6.07, 6.45) is 1.74. The molecule has 5 heteroatoms. The van der Waals surface area contributed by atoms with Crippen molar-refractivity contribution in [3.63, 3.8) is 0 Å². The highest BCUT2D eigenvalue weighted by atomic mass is 32.1. The number of carboxylic acids is 1. The standard InChI is InChI=1S/C11H14O4S/c1-7-6-9(10(16-7)11(12)13)15-8-2-4-14-5-3-8/h6,8H,2-5H2,1H3,(H,12,13). The Hall–Kier alpha value is -1.07. The average molecular weight is 242 g/mol. The number of carbonyl (C=O) groups is 1. The van der Waals surface area contributed by atoms with Crippen LogP contribution in [0, 0.1) is 6.92 Å². The SMILES string of the molecule is Cc1cc(OC2CCOCC2)c(C(=O)O)s1. The third-order valence-corrected chi connectivity index (χ3v) is 3.50. The third-order valence-electron chi connectivity index (χ3n) is 2.48. The van der Waals surface area contributed by atoms with Crippen LogP contribution in [-0.2, 0) is 4.74 Å². The molecule has 16 heavy (non-hydrogen) atoms. The first kappa shape index (κ1) is 11.4. The molecular weight excluding hydrogens is 228 g/mol. The molecule has 1 aliphatic rings. The molecule has 0 unspecified atom stereocenters. The average Bonchev–Trinajstić information content (AvgIpc) is 2.61. The van der Waals surface area contributed by atoms with Crippen LogP contribution >= 0.6 is 11.3 Å². The number of carboxylic acid groups (broad SMARTS) is 1. The van der Waals surface area contributed by atoms with Crippen molar-refractivity contribution >= 4 is 17.3 Å². The summed E-state index contributed by atoms with van der Waals surface area (Å²) in [7, 11) is 0. The smallest absolute Gasteiger partial charge is 0.349 e. The van der Waals surface area contributed by atoms with Gasteiger partial charge >= 0.3 is 5.97 Å². The largest absolute Gasteiger partial charge is 0.488 e. The van der Waals surface area contributed by atoms with Crippen molar-refractivity contribution in [2.45, 2.75) is 25.9 Å². The summed E-state index contributed by atoms with van der Waals surface area (Å²) in [5, 5.41) is 9.01. The summed E-state index contributed by atoms with van der Waals surface area (Å²) >= 11 is 1.26. The number of ether oxygens (including phenoxy) is 2. The molecule has 0 amide bonds. The zero-order chi connectivity index (χ0) is 11.5. The predicted octanol–water partition coefficient (Wildman–Crippen LogP) is 2.31. The Kier molecular flexibility index (Phi) is 3.46. The summed E-state index contributed by atoms with van der Waals surface area (Å²) in [4.78, 5) is 12.2. The monoisotopic (exact) mass is 242 g/mol. The number of rotatable bonds is 3. The maximum atomic E-state index is 11.0. The summed E-state index contributed by atoms with van der Waals surface area (Å²) in [5.74, 6) is -0.415. The summed E-state index contributed by atoms with van der Waals surface area (Å²) in [6.45, 7) is 3.26. The van der Waals surface area contributed by atoms with E-state index in [-0.39, 0.29) is 6.10 Å². The lowest BCUT2D eigenvalue weighted by Crippen LogP contribution is -2.26. The van der Waals surface area contributed by atoms with Crippen molar-refractivity contribution in [1.82, 2.24) is 0 Å². The second-order valence-corrected chi connectivity index (χ2v) is 5.04. The van der Waals surface area contributed by atoms with E-state index >= 15 is 0 Å². The zero-order valence-electron chi connectivity index (χ0n) is 9.06.